The molecule has 0 aromatic heterocycles. The van der Waals surface area contributed by atoms with E-state index in [1.54, 1.807) is 48.5 Å². The highest BCUT2D eigenvalue weighted by Crippen LogP contribution is 2.66. The maximum absolute atomic E-state index is 14.4. The van der Waals surface area contributed by atoms with Crippen molar-refractivity contribution in [3.8, 4) is 5.75 Å². The van der Waals surface area contributed by atoms with Gasteiger partial charge in [-0.05, 0) is 85.0 Å². The third-order valence-corrected chi connectivity index (χ3v) is 11.5. The Labute approximate surface area is 281 Å². The summed E-state index contributed by atoms with van der Waals surface area (Å²) in [5.74, 6) is -5.58. The van der Waals surface area contributed by atoms with Gasteiger partial charge in [0.1, 0.15) is 18.2 Å². The predicted molar refractivity (Wildman–Crippen MR) is 172 cm³/mol. The van der Waals surface area contributed by atoms with Gasteiger partial charge in [0.05, 0.1) is 29.8 Å². The lowest BCUT2D eigenvalue weighted by Crippen LogP contribution is -2.60. The molecule has 0 bridgehead atoms. The molecule has 6 atom stereocenters. The second kappa shape index (κ2) is 11.3. The number of carbonyl (C=O) groups is 4. The Morgan fingerprint density at radius 3 is 2.13 bits per heavy atom. The number of benzene rings is 3. The number of allylic oxidation sites excluding steroid dienone is 2. The molecule has 3 fully saturated rings. The summed E-state index contributed by atoms with van der Waals surface area (Å²) in [5.41, 5.74) is 1.74. The summed E-state index contributed by atoms with van der Waals surface area (Å²) in [6.07, 6.45) is 1.92. The molecule has 8 nitrogen and oxygen atoms in total. The van der Waals surface area contributed by atoms with Crippen molar-refractivity contribution >= 4 is 74.1 Å². The van der Waals surface area contributed by atoms with Crippen molar-refractivity contribution in [2.45, 2.75) is 28.5 Å². The molecule has 2 aliphatic heterocycles. The second-order valence-electron chi connectivity index (χ2n) is 11.9. The molecular formula is C34H26BrCl2FN2O6. The minimum Gasteiger partial charge on any atom is -0.491 e. The van der Waals surface area contributed by atoms with Crippen molar-refractivity contribution in [3.63, 3.8) is 0 Å². The zero-order valence-corrected chi connectivity index (χ0v) is 27.1. The Hall–Kier alpha value is -3.57. The fourth-order valence-corrected chi connectivity index (χ4v) is 8.74. The summed E-state index contributed by atoms with van der Waals surface area (Å²) < 4.78 is 20.2. The van der Waals surface area contributed by atoms with Crippen LogP contribution in [-0.2, 0) is 19.2 Å². The number of hydrogen-bond donors (Lipinski definition) is 1. The Kier molecular flexibility index (Phi) is 7.62. The fraction of sp³-hybridized carbons (Fsp3) is 0.294. The first kappa shape index (κ1) is 31.1. The molecule has 0 radical (unpaired) electrons. The van der Waals surface area contributed by atoms with Gasteiger partial charge in [-0.2, -0.15) is 0 Å². The van der Waals surface area contributed by atoms with Crippen molar-refractivity contribution in [1.82, 2.24) is 0 Å². The van der Waals surface area contributed by atoms with Gasteiger partial charge in [0.2, 0.25) is 11.8 Å². The van der Waals surface area contributed by atoms with Crippen molar-refractivity contribution in [2.24, 2.45) is 17.8 Å². The largest absolute Gasteiger partial charge is 0.491 e. The van der Waals surface area contributed by atoms with Crippen molar-refractivity contribution < 1.29 is 33.4 Å². The molecule has 46 heavy (non-hydrogen) atoms. The molecule has 1 saturated carbocycles. The van der Waals surface area contributed by atoms with Gasteiger partial charge in [0, 0.05) is 10.4 Å². The number of rotatable bonds is 6. The summed E-state index contributed by atoms with van der Waals surface area (Å²) in [4.78, 5) is 54.7. The maximum Gasteiger partial charge on any atom is 0.258 e. The van der Waals surface area contributed by atoms with Crippen LogP contribution < -0.4 is 14.5 Å². The minimum atomic E-state index is -2.03. The number of aliphatic hydroxyl groups is 1. The van der Waals surface area contributed by atoms with E-state index in [1.165, 1.54) is 17.0 Å². The van der Waals surface area contributed by atoms with Crippen molar-refractivity contribution in [2.75, 3.05) is 23.0 Å². The van der Waals surface area contributed by atoms with Gasteiger partial charge in [0.15, 0.2) is 9.75 Å². The highest BCUT2D eigenvalue weighted by Gasteiger charge is 2.76. The van der Waals surface area contributed by atoms with Crippen molar-refractivity contribution in [3.05, 3.63) is 100 Å². The zero-order chi connectivity index (χ0) is 32.5. The Morgan fingerprint density at radius 1 is 0.848 bits per heavy atom. The van der Waals surface area contributed by atoms with Gasteiger partial charge in [-0.15, -0.1) is 23.2 Å². The summed E-state index contributed by atoms with van der Waals surface area (Å²) in [7, 11) is 0. The van der Waals surface area contributed by atoms with Crippen LogP contribution in [0.4, 0.5) is 15.8 Å². The first-order valence-electron chi connectivity index (χ1n) is 14.7. The van der Waals surface area contributed by atoms with Crippen LogP contribution in [0, 0.1) is 23.6 Å². The molecule has 12 heteroatoms. The quantitative estimate of drug-likeness (QED) is 0.198. The monoisotopic (exact) mass is 726 g/mol. The molecule has 0 spiro atoms. The summed E-state index contributed by atoms with van der Waals surface area (Å²) in [6.45, 7) is -0.102. The van der Waals surface area contributed by atoms with Crippen LogP contribution in [0.2, 0.25) is 0 Å². The van der Waals surface area contributed by atoms with Crippen LogP contribution in [0.1, 0.15) is 24.3 Å². The number of hydrogen-bond acceptors (Lipinski definition) is 6. The van der Waals surface area contributed by atoms with Crippen LogP contribution in [0.3, 0.4) is 0 Å². The number of aliphatic hydroxyl groups excluding tert-OH is 1. The zero-order valence-electron chi connectivity index (χ0n) is 24.0. The number of alkyl halides is 2. The van der Waals surface area contributed by atoms with E-state index in [0.29, 0.717) is 22.6 Å². The molecular weight excluding hydrogens is 702 g/mol. The third kappa shape index (κ3) is 4.41. The van der Waals surface area contributed by atoms with E-state index < -0.39 is 57.0 Å². The highest BCUT2D eigenvalue weighted by atomic mass is 79.9. The van der Waals surface area contributed by atoms with E-state index in [1.807, 2.05) is 6.08 Å². The average molecular weight is 728 g/mol. The number of carbonyl (C=O) groups excluding carboxylic acids is 4. The van der Waals surface area contributed by atoms with E-state index in [9.17, 15) is 28.7 Å². The number of amides is 4. The molecule has 3 aromatic carbocycles. The van der Waals surface area contributed by atoms with E-state index in [2.05, 4.69) is 15.9 Å². The Balaban J connectivity index is 1.36. The number of fused-ring (bicyclic) bond motifs is 4. The van der Waals surface area contributed by atoms with E-state index in [-0.39, 0.29) is 37.6 Å². The molecule has 236 valence electrons. The molecule has 2 saturated heterocycles. The van der Waals surface area contributed by atoms with Crippen LogP contribution in [0.15, 0.2) is 88.9 Å². The van der Waals surface area contributed by atoms with Gasteiger partial charge in [-0.1, -0.05) is 39.7 Å². The molecule has 4 aliphatic rings. The highest BCUT2D eigenvalue weighted by molar-refractivity contribution is 9.10. The van der Waals surface area contributed by atoms with Gasteiger partial charge in [-0.3, -0.25) is 24.1 Å². The van der Waals surface area contributed by atoms with E-state index in [4.69, 9.17) is 27.9 Å². The molecule has 1 N–H and O–H groups in total. The predicted octanol–water partition coefficient (Wildman–Crippen LogP) is 5.73. The first-order valence-corrected chi connectivity index (χ1v) is 16.3. The smallest absolute Gasteiger partial charge is 0.258 e. The third-order valence-electron chi connectivity index (χ3n) is 9.55. The van der Waals surface area contributed by atoms with Gasteiger partial charge in [-0.25, -0.2) is 9.29 Å². The molecule has 3 aromatic rings. The summed E-state index contributed by atoms with van der Waals surface area (Å²) in [6, 6.07) is 18.5. The summed E-state index contributed by atoms with van der Waals surface area (Å²) >= 11 is 18.2. The van der Waals surface area contributed by atoms with Crippen LogP contribution in [-0.4, -0.2) is 51.7 Å². The maximum atomic E-state index is 14.4. The second-order valence-corrected chi connectivity index (χ2v) is 14.0. The van der Waals surface area contributed by atoms with E-state index in [0.717, 1.165) is 21.5 Å². The number of ether oxygens (including phenoxy) is 1. The molecule has 6 unspecified atom stereocenters. The lowest BCUT2D eigenvalue weighted by molar-refractivity contribution is -0.125. The van der Waals surface area contributed by atoms with Crippen LogP contribution >= 0.6 is 39.1 Å². The molecule has 2 heterocycles. The number of halogens is 4. The fourth-order valence-electron chi connectivity index (χ4n) is 7.54. The first-order chi connectivity index (χ1) is 22.0. The standard InChI is InChI=1S/C34H26BrCl2FN2O6/c35-19-3-7-21(8-4-19)39-29(42)25-14-13-24-26(27(25)30(39)43)17-33(36)31(44)40(22-9-5-20(38)6-10-22)32(45)34(33,37)28(24)18-1-11-23(12-2-18)46-16-15-41/h1-13,25-28,41H,14-17H2. The van der Waals surface area contributed by atoms with Crippen molar-refractivity contribution in [1.29, 1.82) is 0 Å². The average Bonchev–Trinajstić information content (AvgIpc) is 3.39. The van der Waals surface area contributed by atoms with Gasteiger partial charge >= 0.3 is 0 Å². The normalized spacial score (nSPS) is 30.2. The number of anilines is 2. The van der Waals surface area contributed by atoms with Crippen LogP contribution in [0.25, 0.3) is 0 Å². The molecule has 7 rings (SSSR count). The summed E-state index contributed by atoms with van der Waals surface area (Å²) in [5, 5.41) is 9.17. The van der Waals surface area contributed by atoms with Crippen LogP contribution in [0.5, 0.6) is 5.75 Å². The Bertz CT molecular complexity index is 1800. The SMILES string of the molecule is O=C1C2CC=C3C(CC4(Cl)C(=O)N(c5ccc(F)cc5)C(=O)C4(Cl)C3c3ccc(OCCO)cc3)C2C(=O)N1c1ccc(Br)cc1. The molecule has 2 aliphatic carbocycles. The number of imide groups is 2. The number of nitrogens with zero attached hydrogens (tertiary/aromatic N) is 2. The van der Waals surface area contributed by atoms with E-state index >= 15 is 0 Å². The lowest BCUT2D eigenvalue weighted by Gasteiger charge is -2.50. The Morgan fingerprint density at radius 2 is 1.48 bits per heavy atom. The van der Waals surface area contributed by atoms with Gasteiger partial charge < -0.3 is 9.84 Å². The van der Waals surface area contributed by atoms with Gasteiger partial charge in [0.25, 0.3) is 11.8 Å². The lowest BCUT2D eigenvalue weighted by atomic mass is 9.56. The topological polar surface area (TPSA) is 104 Å². The minimum absolute atomic E-state index is 0.0773. The molecule has 4 amide bonds.